The van der Waals surface area contributed by atoms with Crippen LogP contribution in [0, 0.1) is 0 Å². The largest absolute Gasteiger partial charge is 0.378 e. The van der Waals surface area contributed by atoms with Gasteiger partial charge in [0, 0.05) is 10.7 Å². The van der Waals surface area contributed by atoms with Crippen molar-refractivity contribution in [3.63, 3.8) is 0 Å². The summed E-state index contributed by atoms with van der Waals surface area (Å²) in [6, 6.07) is 0. The number of hydrogen-bond acceptors (Lipinski definition) is 4. The van der Waals surface area contributed by atoms with Gasteiger partial charge in [-0.05, 0) is 0 Å². The van der Waals surface area contributed by atoms with E-state index < -0.39 is 14.3 Å². The number of halogens is 1. The predicted molar refractivity (Wildman–Crippen MR) is 40.2 cm³/mol. The van der Waals surface area contributed by atoms with Crippen LogP contribution in [0.25, 0.3) is 0 Å². The van der Waals surface area contributed by atoms with E-state index in [9.17, 15) is 8.42 Å². The Bertz CT molecular complexity index is 205. The average Bonchev–Trinajstić information content (AvgIpc) is 2.10. The van der Waals surface area contributed by atoms with Crippen molar-refractivity contribution in [2.75, 3.05) is 26.4 Å². The van der Waals surface area contributed by atoms with Gasteiger partial charge in [0.25, 0.3) is 0 Å². The van der Waals surface area contributed by atoms with Crippen molar-refractivity contribution in [1.29, 1.82) is 0 Å². The lowest BCUT2D eigenvalue weighted by molar-refractivity contribution is 0.103. The molecule has 0 radical (unpaired) electrons. The van der Waals surface area contributed by atoms with Crippen LogP contribution in [-0.2, 0) is 18.5 Å². The van der Waals surface area contributed by atoms with Crippen LogP contribution in [-0.4, -0.2) is 40.1 Å². The molecule has 0 bridgehead atoms. The highest BCUT2D eigenvalue weighted by molar-refractivity contribution is 8.14. The van der Waals surface area contributed by atoms with Crippen molar-refractivity contribution in [1.82, 2.24) is 0 Å². The van der Waals surface area contributed by atoms with E-state index in [1.165, 1.54) is 0 Å². The SMILES string of the molecule is O=S(=O)(Cl)C1COCCOC1. The van der Waals surface area contributed by atoms with Crippen molar-refractivity contribution in [3.8, 4) is 0 Å². The average molecular weight is 201 g/mol. The minimum Gasteiger partial charge on any atom is -0.378 e. The number of ether oxygens (including phenoxy) is 2. The molecule has 1 aliphatic rings. The van der Waals surface area contributed by atoms with Gasteiger partial charge in [0.2, 0.25) is 9.05 Å². The molecule has 0 unspecified atom stereocenters. The zero-order valence-electron chi connectivity index (χ0n) is 5.82. The van der Waals surface area contributed by atoms with Crippen LogP contribution in [0.1, 0.15) is 0 Å². The second-order valence-corrected chi connectivity index (χ2v) is 5.16. The van der Waals surface area contributed by atoms with E-state index in [1.54, 1.807) is 0 Å². The molecule has 0 N–H and O–H groups in total. The molecular formula is C5H9ClO4S. The van der Waals surface area contributed by atoms with Crippen LogP contribution in [0.2, 0.25) is 0 Å². The summed E-state index contributed by atoms with van der Waals surface area (Å²) >= 11 is 0. The molecule has 66 valence electrons. The Hall–Kier alpha value is 0.160. The van der Waals surface area contributed by atoms with Gasteiger partial charge in [-0.15, -0.1) is 0 Å². The zero-order chi connectivity index (χ0) is 8.32. The fourth-order valence-corrected chi connectivity index (χ4v) is 1.58. The van der Waals surface area contributed by atoms with Crippen molar-refractivity contribution in [2.45, 2.75) is 5.25 Å². The van der Waals surface area contributed by atoms with Crippen LogP contribution >= 0.6 is 10.7 Å². The fourth-order valence-electron chi connectivity index (χ4n) is 0.758. The first kappa shape index (κ1) is 9.25. The smallest absolute Gasteiger partial charge is 0.240 e. The molecule has 1 saturated heterocycles. The molecule has 0 atom stereocenters. The summed E-state index contributed by atoms with van der Waals surface area (Å²) in [6.45, 7) is 1.13. The van der Waals surface area contributed by atoms with Gasteiger partial charge in [-0.3, -0.25) is 0 Å². The summed E-state index contributed by atoms with van der Waals surface area (Å²) in [4.78, 5) is 0. The highest BCUT2D eigenvalue weighted by atomic mass is 35.7. The molecule has 0 aromatic heterocycles. The van der Waals surface area contributed by atoms with E-state index >= 15 is 0 Å². The van der Waals surface area contributed by atoms with Gasteiger partial charge in [-0.2, -0.15) is 0 Å². The standard InChI is InChI=1S/C5H9ClO4S/c6-11(7,8)5-3-9-1-2-10-4-5/h5H,1-4H2. The highest BCUT2D eigenvalue weighted by Gasteiger charge is 2.25. The molecule has 6 heteroatoms. The van der Waals surface area contributed by atoms with E-state index in [-0.39, 0.29) is 13.2 Å². The summed E-state index contributed by atoms with van der Waals surface area (Å²) in [5, 5.41) is -0.716. The first-order chi connectivity index (χ1) is 5.11. The van der Waals surface area contributed by atoms with Crippen LogP contribution in [0.4, 0.5) is 0 Å². The molecule has 1 aliphatic heterocycles. The Kier molecular flexibility index (Phi) is 3.12. The first-order valence-electron chi connectivity index (χ1n) is 3.19. The summed E-state index contributed by atoms with van der Waals surface area (Å²) in [7, 11) is 1.57. The molecule has 4 nitrogen and oxygen atoms in total. The van der Waals surface area contributed by atoms with Gasteiger partial charge in [0.05, 0.1) is 26.4 Å². The highest BCUT2D eigenvalue weighted by Crippen LogP contribution is 2.10. The maximum atomic E-state index is 10.7. The molecule has 11 heavy (non-hydrogen) atoms. The molecule has 0 saturated carbocycles. The molecule has 0 aromatic carbocycles. The van der Waals surface area contributed by atoms with Gasteiger partial charge in [0.1, 0.15) is 5.25 Å². The molecule has 0 spiro atoms. The summed E-state index contributed by atoms with van der Waals surface area (Å²) in [6.07, 6.45) is 0. The van der Waals surface area contributed by atoms with Gasteiger partial charge < -0.3 is 9.47 Å². The van der Waals surface area contributed by atoms with E-state index in [2.05, 4.69) is 0 Å². The molecule has 0 aliphatic carbocycles. The minimum absolute atomic E-state index is 0.131. The number of rotatable bonds is 1. The second-order valence-electron chi connectivity index (χ2n) is 2.25. The Morgan fingerprint density at radius 3 is 2.00 bits per heavy atom. The summed E-state index contributed by atoms with van der Waals surface area (Å²) < 4.78 is 31.4. The van der Waals surface area contributed by atoms with Crippen LogP contribution in [0.15, 0.2) is 0 Å². The lowest BCUT2D eigenvalue weighted by atomic mass is 10.5. The maximum Gasteiger partial charge on any atom is 0.240 e. The molecule has 0 aromatic rings. The lowest BCUT2D eigenvalue weighted by Crippen LogP contribution is -2.25. The van der Waals surface area contributed by atoms with Crippen LogP contribution < -0.4 is 0 Å². The monoisotopic (exact) mass is 200 g/mol. The quantitative estimate of drug-likeness (QED) is 0.558. The van der Waals surface area contributed by atoms with Crippen molar-refractivity contribution < 1.29 is 17.9 Å². The van der Waals surface area contributed by atoms with Gasteiger partial charge >= 0.3 is 0 Å². The van der Waals surface area contributed by atoms with E-state index in [0.29, 0.717) is 13.2 Å². The molecule has 1 fully saturated rings. The van der Waals surface area contributed by atoms with Gasteiger partial charge in [-0.25, -0.2) is 8.42 Å². The normalized spacial score (nSPS) is 23.0. The Morgan fingerprint density at radius 1 is 1.18 bits per heavy atom. The topological polar surface area (TPSA) is 52.6 Å². The molecule has 1 heterocycles. The van der Waals surface area contributed by atoms with E-state index in [1.807, 2.05) is 0 Å². The second kappa shape index (κ2) is 3.71. The Labute approximate surface area is 69.9 Å². The van der Waals surface area contributed by atoms with Crippen LogP contribution in [0.5, 0.6) is 0 Å². The third-order valence-corrected chi connectivity index (χ3v) is 3.20. The Morgan fingerprint density at radius 2 is 1.64 bits per heavy atom. The number of hydrogen-bond donors (Lipinski definition) is 0. The Balaban J connectivity index is 2.57. The summed E-state index contributed by atoms with van der Waals surface area (Å²) in [5.41, 5.74) is 0. The van der Waals surface area contributed by atoms with Crippen LogP contribution in [0.3, 0.4) is 0 Å². The third-order valence-electron chi connectivity index (χ3n) is 1.38. The predicted octanol–water partition coefficient (Wildman–Crippen LogP) is -0.0296. The van der Waals surface area contributed by atoms with Gasteiger partial charge in [-0.1, -0.05) is 0 Å². The first-order valence-corrected chi connectivity index (χ1v) is 5.57. The van der Waals surface area contributed by atoms with Crippen molar-refractivity contribution >= 4 is 19.7 Å². The van der Waals surface area contributed by atoms with Gasteiger partial charge in [0.15, 0.2) is 0 Å². The minimum atomic E-state index is -3.53. The van der Waals surface area contributed by atoms with Crippen molar-refractivity contribution in [2.24, 2.45) is 0 Å². The molecule has 1 rings (SSSR count). The van der Waals surface area contributed by atoms with Crippen molar-refractivity contribution in [3.05, 3.63) is 0 Å². The molecular weight excluding hydrogens is 192 g/mol. The lowest BCUT2D eigenvalue weighted by Gasteiger charge is -2.07. The fraction of sp³-hybridized carbons (Fsp3) is 1.00. The summed E-state index contributed by atoms with van der Waals surface area (Å²) in [5.74, 6) is 0. The maximum absolute atomic E-state index is 10.7. The van der Waals surface area contributed by atoms with E-state index in [4.69, 9.17) is 20.2 Å². The zero-order valence-corrected chi connectivity index (χ0v) is 7.40. The molecule has 0 amide bonds. The van der Waals surface area contributed by atoms with E-state index in [0.717, 1.165) is 0 Å². The third kappa shape index (κ3) is 2.94.